The lowest BCUT2D eigenvalue weighted by Gasteiger charge is -2.10. The van der Waals surface area contributed by atoms with Crippen LogP contribution in [0.2, 0.25) is 0 Å². The van der Waals surface area contributed by atoms with Gasteiger partial charge in [0.2, 0.25) is 0 Å². The maximum Gasteiger partial charge on any atom is 0.251 e. The molecule has 0 atom stereocenters. The van der Waals surface area contributed by atoms with Gasteiger partial charge in [-0.2, -0.15) is 0 Å². The molecule has 0 aromatic heterocycles. The van der Waals surface area contributed by atoms with Crippen LogP contribution in [0.25, 0.3) is 0 Å². The molecule has 0 spiro atoms. The van der Waals surface area contributed by atoms with Crippen LogP contribution in [0.3, 0.4) is 0 Å². The minimum atomic E-state index is 0.0643. The van der Waals surface area contributed by atoms with Crippen molar-refractivity contribution in [2.75, 3.05) is 18.4 Å². The molecule has 0 bridgehead atoms. The Labute approximate surface area is 114 Å². The molecule has 2 N–H and O–H groups in total. The molecule has 1 aliphatic heterocycles. The van der Waals surface area contributed by atoms with Gasteiger partial charge in [-0.05, 0) is 36.5 Å². The molecule has 3 nitrogen and oxygen atoms in total. The molecule has 1 heterocycles. The minimum Gasteiger partial charge on any atom is -0.384 e. The van der Waals surface area contributed by atoms with Crippen molar-refractivity contribution >= 4 is 11.6 Å². The minimum absolute atomic E-state index is 0.0643. The highest BCUT2D eigenvalue weighted by molar-refractivity contribution is 5.95. The average molecular weight is 258 g/mol. The number of rotatable bonds is 4. The molecule has 0 unspecified atom stereocenters. The summed E-state index contributed by atoms with van der Waals surface area (Å²) in [7, 11) is 0. The number of nitrogens with one attached hydrogen (secondary N) is 2. The van der Waals surface area contributed by atoms with Crippen LogP contribution in [-0.4, -0.2) is 19.0 Å². The molecule has 3 rings (SSSR count). The first-order chi connectivity index (χ1) is 9.33. The number of hydrogen-bond donors (Lipinski definition) is 2. The number of carbonyl (C=O) groups is 1. The lowest BCUT2D eigenvalue weighted by Crippen LogP contribution is -2.25. The lowest BCUT2D eigenvalue weighted by atomic mass is 10.0. The van der Waals surface area contributed by atoms with Gasteiger partial charge in [-0.3, -0.25) is 4.79 Å². The van der Waals surface area contributed by atoms with Gasteiger partial charge in [0, 0.05) is 24.3 Å². The van der Waals surface area contributed by atoms with E-state index in [0.29, 0.717) is 0 Å². The monoisotopic (exact) mass is 258 g/mol. The summed E-state index contributed by atoms with van der Waals surface area (Å²) in [6, 6.07) is 5.99. The van der Waals surface area contributed by atoms with Crippen LogP contribution >= 0.6 is 0 Å². The fraction of sp³-hybridized carbons (Fsp3) is 0.562. The van der Waals surface area contributed by atoms with E-state index in [9.17, 15) is 4.79 Å². The lowest BCUT2D eigenvalue weighted by molar-refractivity contribution is 0.0951. The van der Waals surface area contributed by atoms with Gasteiger partial charge in [-0.1, -0.05) is 31.7 Å². The predicted octanol–water partition coefficient (Wildman–Crippen LogP) is 2.96. The SMILES string of the molecule is O=C(NCCC1CCCC1)c1ccc2c(c1)NCC2. The van der Waals surface area contributed by atoms with Gasteiger partial charge in [-0.15, -0.1) is 0 Å². The summed E-state index contributed by atoms with van der Waals surface area (Å²) in [6.07, 6.45) is 7.63. The van der Waals surface area contributed by atoms with E-state index in [1.807, 2.05) is 12.1 Å². The van der Waals surface area contributed by atoms with Crippen molar-refractivity contribution in [2.45, 2.75) is 38.5 Å². The van der Waals surface area contributed by atoms with E-state index in [1.165, 1.54) is 31.2 Å². The summed E-state index contributed by atoms with van der Waals surface area (Å²) in [5.74, 6) is 0.900. The van der Waals surface area contributed by atoms with Gasteiger partial charge >= 0.3 is 0 Å². The van der Waals surface area contributed by atoms with E-state index in [1.54, 1.807) is 0 Å². The predicted molar refractivity (Wildman–Crippen MR) is 77.5 cm³/mol. The molecule has 3 heteroatoms. The molecule has 0 saturated heterocycles. The highest BCUT2D eigenvalue weighted by atomic mass is 16.1. The van der Waals surface area contributed by atoms with E-state index in [0.717, 1.165) is 43.1 Å². The Morgan fingerprint density at radius 2 is 2.16 bits per heavy atom. The van der Waals surface area contributed by atoms with Gasteiger partial charge < -0.3 is 10.6 Å². The molecule has 102 valence electrons. The van der Waals surface area contributed by atoms with Gasteiger partial charge in [0.05, 0.1) is 0 Å². The van der Waals surface area contributed by atoms with Crippen molar-refractivity contribution in [1.29, 1.82) is 0 Å². The second-order valence-electron chi connectivity index (χ2n) is 5.74. The third kappa shape index (κ3) is 2.91. The molecule has 1 fully saturated rings. The average Bonchev–Trinajstić information content (AvgIpc) is 3.08. The van der Waals surface area contributed by atoms with Crippen LogP contribution in [0.1, 0.15) is 48.0 Å². The quantitative estimate of drug-likeness (QED) is 0.871. The van der Waals surface area contributed by atoms with Crippen molar-refractivity contribution in [3.05, 3.63) is 29.3 Å². The highest BCUT2D eigenvalue weighted by Crippen LogP contribution is 2.27. The summed E-state index contributed by atoms with van der Waals surface area (Å²) in [4.78, 5) is 12.1. The Bertz CT molecular complexity index is 464. The van der Waals surface area contributed by atoms with Gasteiger partial charge in [0.25, 0.3) is 5.91 Å². The molecule has 1 amide bonds. The van der Waals surface area contributed by atoms with Crippen LogP contribution in [0, 0.1) is 5.92 Å². The number of carbonyl (C=O) groups excluding carboxylic acids is 1. The zero-order valence-corrected chi connectivity index (χ0v) is 11.4. The molecule has 19 heavy (non-hydrogen) atoms. The fourth-order valence-corrected chi connectivity index (χ4v) is 3.22. The Balaban J connectivity index is 1.52. The van der Waals surface area contributed by atoms with Gasteiger partial charge in [-0.25, -0.2) is 0 Å². The smallest absolute Gasteiger partial charge is 0.251 e. The summed E-state index contributed by atoms with van der Waals surface area (Å²) >= 11 is 0. The first-order valence-electron chi connectivity index (χ1n) is 7.48. The third-order valence-corrected chi connectivity index (χ3v) is 4.39. The maximum absolute atomic E-state index is 12.1. The third-order valence-electron chi connectivity index (χ3n) is 4.39. The largest absolute Gasteiger partial charge is 0.384 e. The Hall–Kier alpha value is -1.51. The van der Waals surface area contributed by atoms with E-state index < -0.39 is 0 Å². The molecule has 1 aromatic rings. The van der Waals surface area contributed by atoms with Crippen LogP contribution in [-0.2, 0) is 6.42 Å². The van der Waals surface area contributed by atoms with E-state index in [2.05, 4.69) is 16.7 Å². The highest BCUT2D eigenvalue weighted by Gasteiger charge is 2.16. The molecule has 1 aromatic carbocycles. The second-order valence-corrected chi connectivity index (χ2v) is 5.74. The van der Waals surface area contributed by atoms with E-state index in [-0.39, 0.29) is 5.91 Å². The van der Waals surface area contributed by atoms with Crippen molar-refractivity contribution in [3.63, 3.8) is 0 Å². The summed E-state index contributed by atoms with van der Waals surface area (Å²) in [6.45, 7) is 1.80. The van der Waals surface area contributed by atoms with Crippen LogP contribution in [0.4, 0.5) is 5.69 Å². The number of hydrogen-bond acceptors (Lipinski definition) is 2. The molecule has 0 radical (unpaired) electrons. The van der Waals surface area contributed by atoms with Crippen LogP contribution < -0.4 is 10.6 Å². The molecular weight excluding hydrogens is 236 g/mol. The van der Waals surface area contributed by atoms with Crippen molar-refractivity contribution in [3.8, 4) is 0 Å². The normalized spacial score (nSPS) is 18.1. The zero-order chi connectivity index (χ0) is 13.1. The Morgan fingerprint density at radius 3 is 3.00 bits per heavy atom. The summed E-state index contributed by atoms with van der Waals surface area (Å²) in [5.41, 5.74) is 3.23. The van der Waals surface area contributed by atoms with Crippen molar-refractivity contribution in [2.24, 2.45) is 5.92 Å². The van der Waals surface area contributed by atoms with E-state index >= 15 is 0 Å². The summed E-state index contributed by atoms with van der Waals surface area (Å²) < 4.78 is 0. The molecule has 1 saturated carbocycles. The number of anilines is 1. The Kier molecular flexibility index (Phi) is 3.72. The first-order valence-corrected chi connectivity index (χ1v) is 7.48. The van der Waals surface area contributed by atoms with E-state index in [4.69, 9.17) is 0 Å². The van der Waals surface area contributed by atoms with Gasteiger partial charge in [0.1, 0.15) is 0 Å². The first kappa shape index (κ1) is 12.5. The molecule has 2 aliphatic rings. The van der Waals surface area contributed by atoms with Crippen LogP contribution in [0.15, 0.2) is 18.2 Å². The van der Waals surface area contributed by atoms with Crippen LogP contribution in [0.5, 0.6) is 0 Å². The van der Waals surface area contributed by atoms with Crippen molar-refractivity contribution < 1.29 is 4.79 Å². The fourth-order valence-electron chi connectivity index (χ4n) is 3.22. The molecule has 1 aliphatic carbocycles. The standard InChI is InChI=1S/C16H22N2O/c19-16(18-9-7-12-3-1-2-4-12)14-6-5-13-8-10-17-15(13)11-14/h5-6,11-12,17H,1-4,7-10H2,(H,18,19). The van der Waals surface area contributed by atoms with Gasteiger partial charge in [0.15, 0.2) is 0 Å². The number of fused-ring (bicyclic) bond motifs is 1. The molecular formula is C16H22N2O. The number of benzene rings is 1. The second kappa shape index (κ2) is 5.64. The van der Waals surface area contributed by atoms with Crippen molar-refractivity contribution in [1.82, 2.24) is 5.32 Å². The topological polar surface area (TPSA) is 41.1 Å². The zero-order valence-electron chi connectivity index (χ0n) is 11.4. The number of amides is 1. The summed E-state index contributed by atoms with van der Waals surface area (Å²) in [5, 5.41) is 6.37. The Morgan fingerprint density at radius 1 is 1.32 bits per heavy atom. The maximum atomic E-state index is 12.1.